The van der Waals surface area contributed by atoms with Crippen LogP contribution >= 0.6 is 12.6 Å². The molecule has 0 aliphatic heterocycles. The number of nitriles is 1. The van der Waals surface area contributed by atoms with Crippen molar-refractivity contribution < 1.29 is 4.74 Å². The summed E-state index contributed by atoms with van der Waals surface area (Å²) in [5.41, 5.74) is 0. The maximum atomic E-state index is 8.51. The number of hydrogen-bond acceptors (Lipinski definition) is 4. The molecule has 0 unspecified atom stereocenters. The Labute approximate surface area is 91.4 Å². The van der Waals surface area contributed by atoms with E-state index >= 15 is 0 Å². The second-order valence-corrected chi connectivity index (χ2v) is 3.96. The van der Waals surface area contributed by atoms with Crippen molar-refractivity contribution in [3.63, 3.8) is 0 Å². The van der Waals surface area contributed by atoms with Crippen LogP contribution in [-0.4, -0.2) is 43.0 Å². The predicted molar refractivity (Wildman–Crippen MR) is 59.5 cm³/mol. The second-order valence-electron chi connectivity index (χ2n) is 3.51. The lowest BCUT2D eigenvalue weighted by molar-refractivity contribution is 0.113. The molecule has 3 nitrogen and oxygen atoms in total. The van der Waals surface area contributed by atoms with Crippen LogP contribution in [-0.2, 0) is 4.74 Å². The Bertz CT molecular complexity index is 189. The topological polar surface area (TPSA) is 36.3 Å². The van der Waals surface area contributed by atoms with Crippen molar-refractivity contribution in [2.75, 3.05) is 32.1 Å². The van der Waals surface area contributed by atoms with Gasteiger partial charge in [-0.1, -0.05) is 0 Å². The van der Waals surface area contributed by atoms with Gasteiger partial charge in [0.1, 0.15) is 0 Å². The first-order valence-corrected chi connectivity index (χ1v) is 5.81. The standard InChI is InChI=1S/C10H18N2OS/c11-4-1-5-12(10-2-3-10)6-7-13-8-9-14/h10,14H,1-3,5-9H2. The molecule has 0 N–H and O–H groups in total. The Morgan fingerprint density at radius 2 is 2.14 bits per heavy atom. The van der Waals surface area contributed by atoms with E-state index in [0.717, 1.165) is 38.1 Å². The second kappa shape index (κ2) is 7.10. The first-order chi connectivity index (χ1) is 6.88. The maximum Gasteiger partial charge on any atom is 0.0635 e. The van der Waals surface area contributed by atoms with Gasteiger partial charge in [0, 0.05) is 31.3 Å². The minimum Gasteiger partial charge on any atom is -0.379 e. The Balaban J connectivity index is 2.06. The van der Waals surface area contributed by atoms with E-state index in [1.807, 2.05) is 0 Å². The molecule has 0 amide bonds. The van der Waals surface area contributed by atoms with Crippen LogP contribution in [0.3, 0.4) is 0 Å². The summed E-state index contributed by atoms with van der Waals surface area (Å²) in [6.45, 7) is 3.34. The van der Waals surface area contributed by atoms with Crippen LogP contribution in [0.2, 0.25) is 0 Å². The lowest BCUT2D eigenvalue weighted by Gasteiger charge is -2.20. The Hall–Kier alpha value is -0.240. The fourth-order valence-corrected chi connectivity index (χ4v) is 1.59. The molecular formula is C10H18N2OS. The molecular weight excluding hydrogens is 196 g/mol. The Morgan fingerprint density at radius 1 is 1.36 bits per heavy atom. The van der Waals surface area contributed by atoms with E-state index in [2.05, 4.69) is 23.6 Å². The Morgan fingerprint density at radius 3 is 2.71 bits per heavy atom. The largest absolute Gasteiger partial charge is 0.379 e. The number of hydrogen-bond donors (Lipinski definition) is 1. The molecule has 1 aliphatic rings. The highest BCUT2D eigenvalue weighted by Crippen LogP contribution is 2.26. The van der Waals surface area contributed by atoms with E-state index < -0.39 is 0 Å². The van der Waals surface area contributed by atoms with E-state index in [1.54, 1.807) is 0 Å². The summed E-state index contributed by atoms with van der Waals surface area (Å²) >= 11 is 4.07. The molecule has 1 saturated carbocycles. The van der Waals surface area contributed by atoms with Crippen molar-refractivity contribution in [2.24, 2.45) is 0 Å². The fourth-order valence-electron chi connectivity index (χ4n) is 1.46. The van der Waals surface area contributed by atoms with Gasteiger partial charge in [0.05, 0.1) is 19.3 Å². The summed E-state index contributed by atoms with van der Waals surface area (Å²) in [5, 5.41) is 8.51. The molecule has 0 heterocycles. The summed E-state index contributed by atoms with van der Waals surface area (Å²) in [5.74, 6) is 0.779. The average molecular weight is 214 g/mol. The van der Waals surface area contributed by atoms with Gasteiger partial charge in [-0.25, -0.2) is 0 Å². The van der Waals surface area contributed by atoms with Gasteiger partial charge in [0.2, 0.25) is 0 Å². The van der Waals surface area contributed by atoms with Crippen LogP contribution < -0.4 is 0 Å². The van der Waals surface area contributed by atoms with Crippen molar-refractivity contribution in [3.05, 3.63) is 0 Å². The number of rotatable bonds is 8. The number of ether oxygens (including phenoxy) is 1. The van der Waals surface area contributed by atoms with E-state index in [0.29, 0.717) is 6.42 Å². The SMILES string of the molecule is N#CCCN(CCOCCS)C1CC1. The highest BCUT2D eigenvalue weighted by molar-refractivity contribution is 7.80. The third-order valence-corrected chi connectivity index (χ3v) is 2.52. The molecule has 4 heteroatoms. The third kappa shape index (κ3) is 4.85. The first-order valence-electron chi connectivity index (χ1n) is 5.18. The minimum absolute atomic E-state index is 0.628. The summed E-state index contributed by atoms with van der Waals surface area (Å²) in [6, 6.07) is 2.91. The van der Waals surface area contributed by atoms with E-state index in [1.165, 1.54) is 12.8 Å². The molecule has 0 radical (unpaired) electrons. The molecule has 0 saturated heterocycles. The van der Waals surface area contributed by atoms with Gasteiger partial charge in [-0.2, -0.15) is 17.9 Å². The quantitative estimate of drug-likeness (QED) is 0.489. The minimum atomic E-state index is 0.628. The summed E-state index contributed by atoms with van der Waals surface area (Å²) in [6.07, 6.45) is 3.21. The van der Waals surface area contributed by atoms with Crippen molar-refractivity contribution >= 4 is 12.6 Å². The van der Waals surface area contributed by atoms with Crippen molar-refractivity contribution in [1.82, 2.24) is 4.90 Å². The van der Waals surface area contributed by atoms with Crippen LogP contribution in [0.4, 0.5) is 0 Å². The molecule has 0 aromatic heterocycles. The van der Waals surface area contributed by atoms with Crippen LogP contribution in [0.25, 0.3) is 0 Å². The maximum absolute atomic E-state index is 8.51. The van der Waals surface area contributed by atoms with Crippen LogP contribution in [0.5, 0.6) is 0 Å². The smallest absolute Gasteiger partial charge is 0.0635 e. The lowest BCUT2D eigenvalue weighted by atomic mass is 10.4. The molecule has 1 rings (SSSR count). The predicted octanol–water partition coefficient (Wildman–Crippen LogP) is 1.31. The molecule has 0 aromatic carbocycles. The average Bonchev–Trinajstić information content (AvgIpc) is 3.00. The van der Waals surface area contributed by atoms with Crippen molar-refractivity contribution in [1.29, 1.82) is 5.26 Å². The lowest BCUT2D eigenvalue weighted by Crippen LogP contribution is -2.30. The van der Waals surface area contributed by atoms with Gasteiger partial charge in [0.25, 0.3) is 0 Å². The highest BCUT2D eigenvalue weighted by atomic mass is 32.1. The van der Waals surface area contributed by atoms with Crippen LogP contribution in [0.15, 0.2) is 0 Å². The van der Waals surface area contributed by atoms with Crippen LogP contribution in [0, 0.1) is 11.3 Å². The number of thiol groups is 1. The molecule has 0 aromatic rings. The molecule has 1 aliphatic carbocycles. The van der Waals surface area contributed by atoms with Gasteiger partial charge in [-0.15, -0.1) is 0 Å². The third-order valence-electron chi connectivity index (χ3n) is 2.33. The zero-order valence-electron chi connectivity index (χ0n) is 8.48. The van der Waals surface area contributed by atoms with Gasteiger partial charge in [0.15, 0.2) is 0 Å². The monoisotopic (exact) mass is 214 g/mol. The highest BCUT2D eigenvalue weighted by Gasteiger charge is 2.27. The Kier molecular flexibility index (Phi) is 6.00. The zero-order valence-corrected chi connectivity index (χ0v) is 9.38. The van der Waals surface area contributed by atoms with Gasteiger partial charge >= 0.3 is 0 Å². The molecule has 0 spiro atoms. The van der Waals surface area contributed by atoms with Gasteiger partial charge in [-0.3, -0.25) is 4.90 Å². The normalized spacial score (nSPS) is 15.8. The van der Waals surface area contributed by atoms with E-state index in [9.17, 15) is 0 Å². The van der Waals surface area contributed by atoms with Gasteiger partial charge in [-0.05, 0) is 12.8 Å². The fraction of sp³-hybridized carbons (Fsp3) is 0.900. The zero-order chi connectivity index (χ0) is 10.2. The molecule has 0 bridgehead atoms. The van der Waals surface area contributed by atoms with Crippen molar-refractivity contribution in [2.45, 2.75) is 25.3 Å². The summed E-state index contributed by atoms with van der Waals surface area (Å²) in [7, 11) is 0. The summed E-state index contributed by atoms with van der Waals surface area (Å²) in [4.78, 5) is 2.36. The molecule has 0 atom stereocenters. The van der Waals surface area contributed by atoms with E-state index in [4.69, 9.17) is 10.00 Å². The van der Waals surface area contributed by atoms with Crippen molar-refractivity contribution in [3.8, 4) is 6.07 Å². The van der Waals surface area contributed by atoms with Crippen LogP contribution in [0.1, 0.15) is 19.3 Å². The van der Waals surface area contributed by atoms with E-state index in [-0.39, 0.29) is 0 Å². The molecule has 1 fully saturated rings. The van der Waals surface area contributed by atoms with Gasteiger partial charge < -0.3 is 4.74 Å². The molecule has 14 heavy (non-hydrogen) atoms. The first kappa shape index (κ1) is 11.8. The number of nitrogens with zero attached hydrogens (tertiary/aromatic N) is 2. The summed E-state index contributed by atoms with van der Waals surface area (Å²) < 4.78 is 5.37. The molecule has 80 valence electrons.